The highest BCUT2D eigenvalue weighted by Crippen LogP contribution is 2.29. The van der Waals surface area contributed by atoms with Crippen LogP contribution in [0, 0.1) is 0 Å². The molecule has 0 bridgehead atoms. The van der Waals surface area contributed by atoms with Crippen LogP contribution in [0.5, 0.6) is 0 Å². The van der Waals surface area contributed by atoms with Crippen molar-refractivity contribution in [3.63, 3.8) is 0 Å². The summed E-state index contributed by atoms with van der Waals surface area (Å²) in [5.41, 5.74) is 1.11. The fourth-order valence-electron chi connectivity index (χ4n) is 2.21. The third kappa shape index (κ3) is 2.89. The van der Waals surface area contributed by atoms with Gasteiger partial charge in [0.2, 0.25) is 5.89 Å². The van der Waals surface area contributed by atoms with Gasteiger partial charge < -0.3 is 9.73 Å². The Hall–Kier alpha value is -1.98. The molecule has 108 valence electrons. The van der Waals surface area contributed by atoms with Gasteiger partial charge >= 0.3 is 0 Å². The molecule has 1 N–H and O–H groups in total. The fourth-order valence-corrected chi connectivity index (χ4v) is 3.08. The molecule has 0 saturated heterocycles. The molecule has 21 heavy (non-hydrogen) atoms. The minimum absolute atomic E-state index is 0.0851. The summed E-state index contributed by atoms with van der Waals surface area (Å²) >= 11 is 1.70. The van der Waals surface area contributed by atoms with Gasteiger partial charge in [0.25, 0.3) is 5.89 Å². The molecule has 0 amide bonds. The number of benzene rings is 1. The molecule has 0 radical (unpaired) electrons. The first-order valence-corrected chi connectivity index (χ1v) is 7.78. The quantitative estimate of drug-likeness (QED) is 0.781. The van der Waals surface area contributed by atoms with Gasteiger partial charge in [-0.05, 0) is 31.2 Å². The molecule has 2 aromatic heterocycles. The number of nitrogens with zero attached hydrogens (tertiary/aromatic N) is 2. The lowest BCUT2D eigenvalue weighted by Gasteiger charge is -2.11. The van der Waals surface area contributed by atoms with E-state index in [0.717, 1.165) is 16.9 Å². The summed E-state index contributed by atoms with van der Waals surface area (Å²) in [4.78, 5) is 2.34. The normalized spacial score (nSPS) is 12.5. The zero-order chi connectivity index (χ0) is 14.7. The molecule has 4 nitrogen and oxygen atoms in total. The standard InChI is InChI=1S/C16H17N3OS/c1-3-12-9-10-13(21-12)15-18-19-16(20-15)14(17-2)11-7-5-4-6-8-11/h4-10,14,17H,3H2,1-2H3. The van der Waals surface area contributed by atoms with Crippen LogP contribution < -0.4 is 5.32 Å². The van der Waals surface area contributed by atoms with Crippen LogP contribution in [0.15, 0.2) is 46.9 Å². The van der Waals surface area contributed by atoms with E-state index in [1.54, 1.807) is 11.3 Å². The summed E-state index contributed by atoms with van der Waals surface area (Å²) in [5.74, 6) is 1.18. The Bertz CT molecular complexity index is 705. The van der Waals surface area contributed by atoms with Crippen LogP contribution in [0.3, 0.4) is 0 Å². The molecule has 3 aromatic rings. The monoisotopic (exact) mass is 299 g/mol. The summed E-state index contributed by atoms with van der Waals surface area (Å²) in [6, 6.07) is 14.2. The van der Waals surface area contributed by atoms with E-state index >= 15 is 0 Å². The van der Waals surface area contributed by atoms with Crippen LogP contribution in [0.2, 0.25) is 0 Å². The van der Waals surface area contributed by atoms with E-state index in [4.69, 9.17) is 4.42 Å². The summed E-state index contributed by atoms with van der Waals surface area (Å²) in [5, 5.41) is 11.6. The number of aromatic nitrogens is 2. The van der Waals surface area contributed by atoms with Crippen molar-refractivity contribution in [3.05, 3.63) is 58.8 Å². The van der Waals surface area contributed by atoms with Crippen molar-refractivity contribution in [2.24, 2.45) is 0 Å². The largest absolute Gasteiger partial charge is 0.418 e. The van der Waals surface area contributed by atoms with Crippen LogP contribution in [-0.2, 0) is 6.42 Å². The SMILES string of the molecule is CCc1ccc(-c2nnc(C(NC)c3ccccc3)o2)s1. The van der Waals surface area contributed by atoms with E-state index in [1.807, 2.05) is 43.4 Å². The first kappa shape index (κ1) is 14.0. The van der Waals surface area contributed by atoms with Crippen molar-refractivity contribution in [1.29, 1.82) is 0 Å². The van der Waals surface area contributed by atoms with Crippen molar-refractivity contribution in [1.82, 2.24) is 15.5 Å². The van der Waals surface area contributed by atoms with Crippen molar-refractivity contribution in [2.75, 3.05) is 7.05 Å². The Balaban J connectivity index is 1.90. The van der Waals surface area contributed by atoms with E-state index in [0.29, 0.717) is 11.8 Å². The van der Waals surface area contributed by atoms with Crippen LogP contribution in [-0.4, -0.2) is 17.2 Å². The van der Waals surface area contributed by atoms with Gasteiger partial charge in [0.15, 0.2) is 0 Å². The Morgan fingerprint density at radius 2 is 1.95 bits per heavy atom. The Labute approximate surface area is 127 Å². The van der Waals surface area contributed by atoms with Gasteiger partial charge in [-0.15, -0.1) is 21.5 Å². The topological polar surface area (TPSA) is 51.0 Å². The highest BCUT2D eigenvalue weighted by molar-refractivity contribution is 7.15. The molecule has 1 unspecified atom stereocenters. The molecular formula is C16H17N3OS. The molecule has 1 atom stereocenters. The summed E-state index contributed by atoms with van der Waals surface area (Å²) < 4.78 is 5.86. The predicted molar refractivity (Wildman–Crippen MR) is 84.3 cm³/mol. The maximum Gasteiger partial charge on any atom is 0.257 e. The number of thiophene rings is 1. The van der Waals surface area contributed by atoms with Crippen molar-refractivity contribution in [2.45, 2.75) is 19.4 Å². The maximum atomic E-state index is 5.86. The molecule has 2 heterocycles. The third-order valence-corrected chi connectivity index (χ3v) is 4.55. The summed E-state index contributed by atoms with van der Waals surface area (Å²) in [6.45, 7) is 2.14. The van der Waals surface area contributed by atoms with Gasteiger partial charge in [0.05, 0.1) is 4.88 Å². The van der Waals surface area contributed by atoms with Crippen LogP contribution >= 0.6 is 11.3 Å². The predicted octanol–water partition coefficient (Wildman–Crippen LogP) is 3.67. The second-order valence-corrected chi connectivity index (χ2v) is 5.87. The molecule has 1 aromatic carbocycles. The Kier molecular flexibility index (Phi) is 4.13. The lowest BCUT2D eigenvalue weighted by molar-refractivity contribution is 0.456. The number of nitrogens with one attached hydrogen (secondary N) is 1. The van der Waals surface area contributed by atoms with Gasteiger partial charge in [-0.25, -0.2) is 0 Å². The van der Waals surface area contributed by atoms with E-state index in [-0.39, 0.29) is 6.04 Å². The van der Waals surface area contributed by atoms with E-state index in [9.17, 15) is 0 Å². The van der Waals surface area contributed by atoms with Crippen LogP contribution in [0.4, 0.5) is 0 Å². The lowest BCUT2D eigenvalue weighted by atomic mass is 10.1. The van der Waals surface area contributed by atoms with Crippen LogP contribution in [0.1, 0.15) is 29.3 Å². The second-order valence-electron chi connectivity index (χ2n) is 4.70. The first-order valence-electron chi connectivity index (χ1n) is 6.96. The summed E-state index contributed by atoms with van der Waals surface area (Å²) in [7, 11) is 1.89. The lowest BCUT2D eigenvalue weighted by Crippen LogP contribution is -2.17. The molecule has 0 saturated carbocycles. The number of hydrogen-bond donors (Lipinski definition) is 1. The molecule has 5 heteroatoms. The van der Waals surface area contributed by atoms with Gasteiger partial charge in [-0.2, -0.15) is 0 Å². The zero-order valence-electron chi connectivity index (χ0n) is 12.0. The van der Waals surface area contributed by atoms with E-state index in [2.05, 4.69) is 28.5 Å². The Morgan fingerprint density at radius 3 is 2.62 bits per heavy atom. The van der Waals surface area contributed by atoms with Crippen molar-refractivity contribution >= 4 is 11.3 Å². The minimum Gasteiger partial charge on any atom is -0.418 e. The van der Waals surface area contributed by atoms with Gasteiger partial charge in [-0.3, -0.25) is 0 Å². The number of aryl methyl sites for hydroxylation is 1. The average molecular weight is 299 g/mol. The molecule has 0 aliphatic heterocycles. The zero-order valence-corrected chi connectivity index (χ0v) is 12.9. The van der Waals surface area contributed by atoms with E-state index < -0.39 is 0 Å². The molecule has 3 rings (SSSR count). The highest BCUT2D eigenvalue weighted by atomic mass is 32.1. The van der Waals surface area contributed by atoms with Crippen molar-refractivity contribution in [3.8, 4) is 10.8 Å². The highest BCUT2D eigenvalue weighted by Gasteiger charge is 2.19. The number of hydrogen-bond acceptors (Lipinski definition) is 5. The molecular weight excluding hydrogens is 282 g/mol. The van der Waals surface area contributed by atoms with Gasteiger partial charge in [0.1, 0.15) is 6.04 Å². The van der Waals surface area contributed by atoms with Crippen molar-refractivity contribution < 1.29 is 4.42 Å². The molecule has 0 fully saturated rings. The first-order chi connectivity index (χ1) is 10.3. The second kappa shape index (κ2) is 6.20. The smallest absolute Gasteiger partial charge is 0.257 e. The molecule has 0 aliphatic carbocycles. The van der Waals surface area contributed by atoms with Gasteiger partial charge in [0, 0.05) is 4.88 Å². The Morgan fingerprint density at radius 1 is 1.14 bits per heavy atom. The minimum atomic E-state index is -0.0851. The third-order valence-electron chi connectivity index (χ3n) is 3.33. The van der Waals surface area contributed by atoms with Gasteiger partial charge in [-0.1, -0.05) is 37.3 Å². The fraction of sp³-hybridized carbons (Fsp3) is 0.250. The molecule has 0 aliphatic rings. The maximum absolute atomic E-state index is 5.86. The van der Waals surface area contributed by atoms with Crippen LogP contribution in [0.25, 0.3) is 10.8 Å². The number of rotatable bonds is 5. The average Bonchev–Trinajstić information content (AvgIpc) is 3.18. The molecule has 0 spiro atoms. The summed E-state index contributed by atoms with van der Waals surface area (Å²) in [6.07, 6.45) is 1.02. The van der Waals surface area contributed by atoms with E-state index in [1.165, 1.54) is 4.88 Å².